The van der Waals surface area contributed by atoms with E-state index in [4.69, 9.17) is 37.0 Å². The molecule has 0 aliphatic rings. The predicted octanol–water partition coefficient (Wildman–Crippen LogP) is 24.3. The normalized spacial score (nSPS) is 14.8. The van der Waals surface area contributed by atoms with Gasteiger partial charge in [0.1, 0.15) is 19.3 Å². The Hall–Kier alpha value is -5.84. The minimum Gasteiger partial charge on any atom is -0.462 e. The van der Waals surface area contributed by atoms with Gasteiger partial charge in [0.05, 0.1) is 32.8 Å². The van der Waals surface area contributed by atoms with Gasteiger partial charge in [-0.2, -0.15) is 0 Å². The number of rotatable bonds is 75. The van der Waals surface area contributed by atoms with Crippen molar-refractivity contribution in [1.29, 1.82) is 0 Å². The molecule has 0 rings (SSSR count). The zero-order valence-electron chi connectivity index (χ0n) is 66.9. The Kier molecular flexibility index (Phi) is 75.0. The summed E-state index contributed by atoms with van der Waals surface area (Å²) in [6.07, 6.45) is 96.2. The second-order valence-corrected chi connectivity index (χ2v) is 29.5. The number of carbonyl (C=O) groups is 4. The van der Waals surface area contributed by atoms with Crippen molar-refractivity contribution in [3.63, 3.8) is 0 Å². The van der Waals surface area contributed by atoms with E-state index in [1.54, 1.807) is 6.08 Å². The summed E-state index contributed by atoms with van der Waals surface area (Å²) in [5, 5.41) is 10.7. The van der Waals surface area contributed by atoms with Gasteiger partial charge in [-0.3, -0.25) is 37.3 Å². The maximum atomic E-state index is 13.1. The van der Waals surface area contributed by atoms with Gasteiger partial charge in [0.25, 0.3) is 0 Å². The summed E-state index contributed by atoms with van der Waals surface area (Å²) in [6.45, 7) is 4.32. The minimum absolute atomic E-state index is 0.0244. The van der Waals surface area contributed by atoms with Crippen LogP contribution in [-0.4, -0.2) is 96.7 Å². The highest BCUT2D eigenvalue weighted by Gasteiger charge is 2.30. The first-order chi connectivity index (χ1) is 52.7. The van der Waals surface area contributed by atoms with E-state index in [9.17, 15) is 43.2 Å². The molecule has 5 unspecified atom stereocenters. The molecule has 5 atom stereocenters. The van der Waals surface area contributed by atoms with E-state index in [0.29, 0.717) is 32.1 Å². The van der Waals surface area contributed by atoms with Crippen molar-refractivity contribution >= 4 is 39.5 Å². The Morgan fingerprint density at radius 1 is 0.278 bits per heavy atom. The first-order valence-electron chi connectivity index (χ1n) is 41.0. The van der Waals surface area contributed by atoms with E-state index < -0.39 is 97.5 Å². The third kappa shape index (κ3) is 78.3. The third-order valence-corrected chi connectivity index (χ3v) is 18.3. The molecule has 0 bridgehead atoms. The summed E-state index contributed by atoms with van der Waals surface area (Å²) in [6, 6.07) is 0. The predicted molar refractivity (Wildman–Crippen MR) is 445 cm³/mol. The maximum absolute atomic E-state index is 13.1. The van der Waals surface area contributed by atoms with Crippen molar-refractivity contribution in [2.75, 3.05) is 39.6 Å². The van der Waals surface area contributed by atoms with Crippen LogP contribution in [0.4, 0.5) is 0 Å². The second kappa shape index (κ2) is 79.3. The second-order valence-electron chi connectivity index (χ2n) is 26.6. The SMILES string of the molecule is CC/C=C\C/C=C\C/C=C\C/C=C\C/C=C\C/C=C\CCC(=O)OCC(COP(=O)(O)OCC(O)COP(=O)(O)OCC(COC(=O)C/C=C\C/C=C\C/C=C\C/C=C\C/C=C\CC)OC(=O)CCCCCCCCCCCCCCCCC)OC(=O)CCCCCCCC/C=C\C/C=C\C/C=C\C/C=C\CC. The van der Waals surface area contributed by atoms with Gasteiger partial charge in [-0.15, -0.1) is 0 Å². The number of unbranched alkanes of at least 4 members (excludes halogenated alkanes) is 20. The van der Waals surface area contributed by atoms with E-state index in [1.165, 1.54) is 64.2 Å². The molecule has 0 saturated carbocycles. The molecule has 0 aromatic rings. The molecule has 19 heteroatoms. The molecule has 0 aliphatic heterocycles. The lowest BCUT2D eigenvalue weighted by Crippen LogP contribution is -2.30. The molecule has 17 nitrogen and oxygen atoms in total. The first-order valence-corrected chi connectivity index (χ1v) is 44.0. The molecule has 0 aliphatic carbocycles. The number of carbonyl (C=O) groups excluding carboxylic acids is 4. The topological polar surface area (TPSA) is 237 Å². The zero-order valence-corrected chi connectivity index (χ0v) is 68.7. The number of aliphatic hydroxyl groups is 1. The number of aliphatic hydroxyl groups excluding tert-OH is 1. The fraction of sp³-hybridized carbons (Fsp3) is 0.618. The first kappa shape index (κ1) is 102. The van der Waals surface area contributed by atoms with Crippen LogP contribution in [0.5, 0.6) is 0 Å². The number of phosphoric ester groups is 2. The van der Waals surface area contributed by atoms with Crippen LogP contribution in [0, 0.1) is 0 Å². The van der Waals surface area contributed by atoms with Crippen LogP contribution >= 0.6 is 15.6 Å². The number of hydrogen-bond donors (Lipinski definition) is 3. The standard InChI is InChI=1S/C89H144O17P2/c1-5-9-13-17-21-25-29-33-37-39-41-43-47-50-54-58-62-66-70-74-87(92)100-80-85(106-89(94)76-72-68-64-60-56-52-48-44-42-40-38-34-30-26-22-18-14-10-6-2)82-104-108(97,98)102-78-83(90)77-101-107(95,96)103-81-84(105-88(93)75-71-67-63-59-55-51-46-36-32-28-24-20-16-12-8-4)79-99-86(91)73-69-65-61-57-53-49-45-35-31-27-23-19-15-11-7-3/h9-11,13-15,21-23,25-27,33-35,37-38,41-45,50,53-54,57,62,65-66,69,83-85,90H,5-8,12,16-20,24,28-32,36,39-40,46-49,51-52,55-56,58-61,63-64,67-68,70-82H2,1-4H3,(H,95,96)(H,97,98)/b13-9-,14-10-,15-11-,25-21-,26-22-,27-23-,37-33-,38-34-,43-41-,44-42-,45-35-,54-50-,57-53-,66-62-,69-65-. The molecule has 0 fully saturated rings. The van der Waals surface area contributed by atoms with Gasteiger partial charge >= 0.3 is 39.5 Å². The quantitative estimate of drug-likeness (QED) is 0.0169. The van der Waals surface area contributed by atoms with Crippen molar-refractivity contribution in [3.8, 4) is 0 Å². The lowest BCUT2D eigenvalue weighted by Gasteiger charge is -2.21. The molecule has 612 valence electrons. The minimum atomic E-state index is -5.01. The Bertz CT molecular complexity index is 2760. The number of esters is 4. The lowest BCUT2D eigenvalue weighted by atomic mass is 10.0. The average Bonchev–Trinajstić information content (AvgIpc) is 0.896. The molecule has 0 amide bonds. The van der Waals surface area contributed by atoms with Gasteiger partial charge < -0.3 is 33.8 Å². The summed E-state index contributed by atoms with van der Waals surface area (Å²) in [4.78, 5) is 73.0. The van der Waals surface area contributed by atoms with E-state index in [2.05, 4.69) is 167 Å². The highest BCUT2D eigenvalue weighted by molar-refractivity contribution is 7.47. The van der Waals surface area contributed by atoms with Gasteiger partial charge in [0, 0.05) is 19.3 Å². The van der Waals surface area contributed by atoms with Crippen molar-refractivity contribution in [1.82, 2.24) is 0 Å². The lowest BCUT2D eigenvalue weighted by molar-refractivity contribution is -0.161. The van der Waals surface area contributed by atoms with Gasteiger partial charge in [-0.25, -0.2) is 9.13 Å². The zero-order chi connectivity index (χ0) is 78.9. The number of phosphoric acid groups is 2. The van der Waals surface area contributed by atoms with Crippen LogP contribution in [-0.2, 0) is 65.4 Å². The van der Waals surface area contributed by atoms with E-state index in [1.807, 2.05) is 36.5 Å². The van der Waals surface area contributed by atoms with Crippen molar-refractivity contribution in [3.05, 3.63) is 182 Å². The molecule has 108 heavy (non-hydrogen) atoms. The molecule has 0 radical (unpaired) electrons. The molecule has 0 aromatic carbocycles. The molecule has 0 spiro atoms. The number of allylic oxidation sites excluding steroid dienone is 29. The highest BCUT2D eigenvalue weighted by Crippen LogP contribution is 2.45. The average molecular weight is 1550 g/mol. The molecular formula is C89H144O17P2. The van der Waals surface area contributed by atoms with Gasteiger partial charge in [-0.1, -0.05) is 326 Å². The van der Waals surface area contributed by atoms with Crippen LogP contribution in [0.25, 0.3) is 0 Å². The molecular weight excluding hydrogens is 1400 g/mol. The van der Waals surface area contributed by atoms with Gasteiger partial charge in [0.15, 0.2) is 12.2 Å². The van der Waals surface area contributed by atoms with E-state index in [0.717, 1.165) is 148 Å². The fourth-order valence-electron chi connectivity index (χ4n) is 10.3. The summed E-state index contributed by atoms with van der Waals surface area (Å²) < 4.78 is 68.5. The molecule has 0 aromatic heterocycles. The Morgan fingerprint density at radius 3 is 0.861 bits per heavy atom. The smallest absolute Gasteiger partial charge is 0.462 e. The van der Waals surface area contributed by atoms with Crippen molar-refractivity contribution < 1.29 is 80.2 Å². The number of hydrogen-bond acceptors (Lipinski definition) is 15. The van der Waals surface area contributed by atoms with Crippen molar-refractivity contribution in [2.24, 2.45) is 0 Å². The summed E-state index contributed by atoms with van der Waals surface area (Å²) in [5.41, 5.74) is 0. The Labute approximate surface area is 654 Å². The van der Waals surface area contributed by atoms with Crippen LogP contribution in [0.3, 0.4) is 0 Å². The van der Waals surface area contributed by atoms with E-state index in [-0.39, 0.29) is 25.7 Å². The van der Waals surface area contributed by atoms with Crippen molar-refractivity contribution in [2.45, 2.75) is 316 Å². The van der Waals surface area contributed by atoms with Crippen LogP contribution in [0.15, 0.2) is 182 Å². The van der Waals surface area contributed by atoms with Crippen LogP contribution in [0.1, 0.15) is 297 Å². The number of ether oxygens (including phenoxy) is 4. The molecule has 0 saturated heterocycles. The highest BCUT2D eigenvalue weighted by atomic mass is 31.2. The van der Waals surface area contributed by atoms with Crippen LogP contribution in [0.2, 0.25) is 0 Å². The van der Waals surface area contributed by atoms with Gasteiger partial charge in [0.2, 0.25) is 0 Å². The van der Waals surface area contributed by atoms with Crippen LogP contribution < -0.4 is 0 Å². The Balaban J connectivity index is 5.52. The summed E-state index contributed by atoms with van der Waals surface area (Å²) in [7, 11) is -10.0. The van der Waals surface area contributed by atoms with Gasteiger partial charge in [-0.05, 0) is 128 Å². The maximum Gasteiger partial charge on any atom is 0.472 e. The molecule has 3 N–H and O–H groups in total. The monoisotopic (exact) mass is 1550 g/mol. The summed E-state index contributed by atoms with van der Waals surface area (Å²) >= 11 is 0. The Morgan fingerprint density at radius 2 is 0.537 bits per heavy atom. The fourth-order valence-corrected chi connectivity index (χ4v) is 11.9. The summed E-state index contributed by atoms with van der Waals surface area (Å²) in [5.74, 6) is -2.44. The molecule has 0 heterocycles. The largest absolute Gasteiger partial charge is 0.472 e. The third-order valence-electron chi connectivity index (χ3n) is 16.4. The van der Waals surface area contributed by atoms with E-state index >= 15 is 0 Å².